The molecule has 2 rings (SSSR count). The maximum atomic E-state index is 3.72. The molecule has 92 valence electrons. The highest BCUT2D eigenvalue weighted by Gasteiger charge is 2.16. The number of rotatable bonds is 4. The van der Waals surface area contributed by atoms with Crippen molar-refractivity contribution in [1.82, 2.24) is 10.2 Å². The smallest absolute Gasteiger partial charge is 0.0195 e. The number of hydrogen-bond donors (Lipinski definition) is 1. The third-order valence-corrected chi connectivity index (χ3v) is 3.89. The molecule has 1 atom stereocenters. The molecule has 0 bridgehead atoms. The van der Waals surface area contributed by atoms with Crippen LogP contribution in [0.2, 0.25) is 0 Å². The van der Waals surface area contributed by atoms with Crippen LogP contribution in [0.5, 0.6) is 0 Å². The Morgan fingerprint density at radius 3 is 3.06 bits per heavy atom. The minimum absolute atomic E-state index is 0.739. The monoisotopic (exact) mass is 222 g/mol. The van der Waals surface area contributed by atoms with Crippen LogP contribution >= 0.6 is 0 Å². The number of piperidine rings is 1. The Morgan fingerprint density at radius 2 is 2.31 bits per heavy atom. The zero-order chi connectivity index (χ0) is 11.2. The number of nitrogens with zero attached hydrogens (tertiary/aromatic N) is 1. The highest BCUT2D eigenvalue weighted by molar-refractivity contribution is 5.05. The van der Waals surface area contributed by atoms with Gasteiger partial charge in [-0.3, -0.25) is 0 Å². The van der Waals surface area contributed by atoms with Gasteiger partial charge in [0.05, 0.1) is 0 Å². The van der Waals surface area contributed by atoms with Crippen molar-refractivity contribution in [2.24, 2.45) is 0 Å². The van der Waals surface area contributed by atoms with Crippen LogP contribution in [-0.2, 0) is 0 Å². The van der Waals surface area contributed by atoms with E-state index in [1.54, 1.807) is 5.57 Å². The lowest BCUT2D eigenvalue weighted by molar-refractivity contribution is 0.228. The summed E-state index contributed by atoms with van der Waals surface area (Å²) in [6.45, 7) is 3.70. The van der Waals surface area contributed by atoms with Gasteiger partial charge in [0, 0.05) is 12.6 Å². The van der Waals surface area contributed by atoms with Gasteiger partial charge in [-0.2, -0.15) is 0 Å². The lowest BCUT2D eigenvalue weighted by Crippen LogP contribution is -2.44. The Labute approximate surface area is 100 Å². The fourth-order valence-electron chi connectivity index (χ4n) is 2.90. The molecule has 1 aliphatic carbocycles. The second-order valence-electron chi connectivity index (χ2n) is 5.41. The highest BCUT2D eigenvalue weighted by Crippen LogP contribution is 2.19. The lowest BCUT2D eigenvalue weighted by atomic mass is 9.97. The van der Waals surface area contributed by atoms with Crippen molar-refractivity contribution in [2.75, 3.05) is 26.7 Å². The number of allylic oxidation sites excluding steroid dienone is 1. The van der Waals surface area contributed by atoms with E-state index in [0.29, 0.717) is 0 Å². The summed E-state index contributed by atoms with van der Waals surface area (Å²) in [7, 11) is 2.23. The Balaban J connectivity index is 1.61. The summed E-state index contributed by atoms with van der Waals surface area (Å²) in [6, 6.07) is 0.739. The summed E-state index contributed by atoms with van der Waals surface area (Å²) < 4.78 is 0. The second kappa shape index (κ2) is 6.41. The van der Waals surface area contributed by atoms with Crippen LogP contribution in [0.25, 0.3) is 0 Å². The zero-order valence-corrected chi connectivity index (χ0v) is 10.7. The molecule has 0 radical (unpaired) electrons. The maximum absolute atomic E-state index is 3.72. The van der Waals surface area contributed by atoms with Crippen molar-refractivity contribution in [3.05, 3.63) is 11.6 Å². The molecule has 2 nitrogen and oxygen atoms in total. The van der Waals surface area contributed by atoms with E-state index >= 15 is 0 Å². The molecule has 1 saturated heterocycles. The molecule has 2 aliphatic rings. The molecule has 2 heteroatoms. The molecule has 0 aromatic rings. The van der Waals surface area contributed by atoms with E-state index in [0.717, 1.165) is 6.04 Å². The first-order chi connectivity index (χ1) is 7.84. The molecule has 0 amide bonds. The van der Waals surface area contributed by atoms with Crippen molar-refractivity contribution in [1.29, 1.82) is 0 Å². The molecular formula is C14H26N2. The van der Waals surface area contributed by atoms with Gasteiger partial charge < -0.3 is 10.2 Å². The van der Waals surface area contributed by atoms with Gasteiger partial charge in [-0.05, 0) is 65.1 Å². The first kappa shape index (κ1) is 12.1. The van der Waals surface area contributed by atoms with E-state index in [2.05, 4.69) is 23.3 Å². The zero-order valence-electron chi connectivity index (χ0n) is 10.7. The van der Waals surface area contributed by atoms with Gasteiger partial charge in [-0.15, -0.1) is 0 Å². The fraction of sp³-hybridized carbons (Fsp3) is 0.857. The lowest BCUT2D eigenvalue weighted by Gasteiger charge is -2.30. The van der Waals surface area contributed by atoms with E-state index in [4.69, 9.17) is 0 Å². The molecule has 1 unspecified atom stereocenters. The van der Waals surface area contributed by atoms with Crippen LogP contribution in [0.1, 0.15) is 44.9 Å². The summed E-state index contributed by atoms with van der Waals surface area (Å²) in [6.07, 6.45) is 12.0. The third-order valence-electron chi connectivity index (χ3n) is 3.89. The maximum Gasteiger partial charge on any atom is 0.0195 e. The van der Waals surface area contributed by atoms with E-state index in [1.807, 2.05) is 0 Å². The molecule has 0 saturated carbocycles. The molecule has 16 heavy (non-hydrogen) atoms. The number of likely N-dealkylation sites (N-methyl/N-ethyl adjacent to an activating group) is 1. The Morgan fingerprint density at radius 1 is 1.38 bits per heavy atom. The average molecular weight is 222 g/mol. The minimum atomic E-state index is 0.739. The molecule has 1 aliphatic heterocycles. The van der Waals surface area contributed by atoms with Gasteiger partial charge in [0.15, 0.2) is 0 Å². The summed E-state index contributed by atoms with van der Waals surface area (Å²) >= 11 is 0. The van der Waals surface area contributed by atoms with Crippen LogP contribution in [0.15, 0.2) is 11.6 Å². The van der Waals surface area contributed by atoms with Gasteiger partial charge in [0.2, 0.25) is 0 Å². The minimum Gasteiger partial charge on any atom is -0.312 e. The van der Waals surface area contributed by atoms with Gasteiger partial charge in [0.25, 0.3) is 0 Å². The first-order valence-electron chi connectivity index (χ1n) is 6.94. The van der Waals surface area contributed by atoms with E-state index in [9.17, 15) is 0 Å². The van der Waals surface area contributed by atoms with Crippen molar-refractivity contribution >= 4 is 0 Å². The summed E-state index contributed by atoms with van der Waals surface area (Å²) in [5, 5.41) is 3.72. The Kier molecular flexibility index (Phi) is 4.86. The quantitative estimate of drug-likeness (QED) is 0.735. The van der Waals surface area contributed by atoms with Gasteiger partial charge >= 0.3 is 0 Å². The van der Waals surface area contributed by atoms with Crippen molar-refractivity contribution in [2.45, 2.75) is 51.0 Å². The molecular weight excluding hydrogens is 196 g/mol. The van der Waals surface area contributed by atoms with Crippen LogP contribution < -0.4 is 5.32 Å². The Hall–Kier alpha value is -0.340. The molecule has 0 aromatic carbocycles. The van der Waals surface area contributed by atoms with Gasteiger partial charge in [-0.1, -0.05) is 11.6 Å². The molecule has 1 heterocycles. The summed E-state index contributed by atoms with van der Waals surface area (Å²) in [4.78, 5) is 2.45. The van der Waals surface area contributed by atoms with Crippen molar-refractivity contribution in [3.8, 4) is 0 Å². The predicted molar refractivity (Wildman–Crippen MR) is 69.7 cm³/mol. The number of hydrogen-bond acceptors (Lipinski definition) is 2. The first-order valence-corrected chi connectivity index (χ1v) is 6.94. The fourth-order valence-corrected chi connectivity index (χ4v) is 2.90. The normalized spacial score (nSPS) is 27.8. The number of likely N-dealkylation sites (tertiary alicyclic amines) is 1. The average Bonchev–Trinajstić information content (AvgIpc) is 2.30. The van der Waals surface area contributed by atoms with Gasteiger partial charge in [0.1, 0.15) is 0 Å². The molecule has 1 N–H and O–H groups in total. The second-order valence-corrected chi connectivity index (χ2v) is 5.41. The van der Waals surface area contributed by atoms with Crippen LogP contribution in [-0.4, -0.2) is 37.6 Å². The Bertz CT molecular complexity index is 235. The predicted octanol–water partition coefficient (Wildman–Crippen LogP) is 2.56. The third kappa shape index (κ3) is 3.91. The van der Waals surface area contributed by atoms with Crippen molar-refractivity contribution in [3.63, 3.8) is 0 Å². The topological polar surface area (TPSA) is 15.3 Å². The van der Waals surface area contributed by atoms with Crippen LogP contribution in [0, 0.1) is 0 Å². The molecule has 1 fully saturated rings. The molecule has 0 spiro atoms. The van der Waals surface area contributed by atoms with Crippen LogP contribution in [0.4, 0.5) is 0 Å². The van der Waals surface area contributed by atoms with Crippen molar-refractivity contribution < 1.29 is 0 Å². The number of nitrogens with one attached hydrogen (secondary N) is 1. The van der Waals surface area contributed by atoms with Crippen LogP contribution in [0.3, 0.4) is 0 Å². The molecule has 0 aromatic heterocycles. The van der Waals surface area contributed by atoms with E-state index in [1.165, 1.54) is 64.6 Å². The standard InChI is InChI=1S/C14H26N2/c1-16-11-5-8-14(12-16)15-10-9-13-6-3-2-4-7-13/h6,14-15H,2-5,7-12H2,1H3. The SMILES string of the molecule is CN1CCCC(NCCC2=CCCCC2)C1. The van der Waals surface area contributed by atoms with E-state index < -0.39 is 0 Å². The summed E-state index contributed by atoms with van der Waals surface area (Å²) in [5.41, 5.74) is 1.70. The van der Waals surface area contributed by atoms with E-state index in [-0.39, 0.29) is 0 Å². The highest BCUT2D eigenvalue weighted by atomic mass is 15.1. The van der Waals surface area contributed by atoms with Gasteiger partial charge in [-0.25, -0.2) is 0 Å². The summed E-state index contributed by atoms with van der Waals surface area (Å²) in [5.74, 6) is 0. The largest absolute Gasteiger partial charge is 0.312 e.